The van der Waals surface area contributed by atoms with E-state index in [2.05, 4.69) is 5.32 Å². The molecular formula is C11H12Cl2N2O. The predicted octanol–water partition coefficient (Wildman–Crippen LogP) is 2.24. The van der Waals surface area contributed by atoms with Crippen LogP contribution in [-0.4, -0.2) is 19.0 Å². The predicted molar refractivity (Wildman–Crippen MR) is 67.0 cm³/mol. The highest BCUT2D eigenvalue weighted by molar-refractivity contribution is 6.43. The second-order valence-electron chi connectivity index (χ2n) is 3.02. The van der Waals surface area contributed by atoms with Crippen molar-refractivity contribution in [3.63, 3.8) is 0 Å². The lowest BCUT2D eigenvalue weighted by molar-refractivity contribution is 0.0958. The first-order chi connectivity index (χ1) is 7.66. The van der Waals surface area contributed by atoms with Crippen molar-refractivity contribution in [2.24, 2.45) is 5.73 Å². The minimum atomic E-state index is -0.255. The van der Waals surface area contributed by atoms with Gasteiger partial charge >= 0.3 is 0 Å². The average molecular weight is 259 g/mol. The Balaban J connectivity index is 2.66. The zero-order valence-electron chi connectivity index (χ0n) is 8.54. The third-order valence-electron chi connectivity index (χ3n) is 1.88. The molecule has 86 valence electrons. The summed E-state index contributed by atoms with van der Waals surface area (Å²) < 4.78 is 0. The molecule has 0 spiro atoms. The first-order valence-corrected chi connectivity index (χ1v) is 5.49. The van der Waals surface area contributed by atoms with Crippen LogP contribution in [0.5, 0.6) is 0 Å². The van der Waals surface area contributed by atoms with E-state index >= 15 is 0 Å². The van der Waals surface area contributed by atoms with Crippen molar-refractivity contribution in [2.45, 2.75) is 0 Å². The quantitative estimate of drug-likeness (QED) is 0.815. The first kappa shape index (κ1) is 13.0. The molecule has 3 N–H and O–H groups in total. The largest absolute Gasteiger partial charge is 0.349 e. The number of nitrogens with two attached hydrogens (primary N) is 1. The zero-order valence-corrected chi connectivity index (χ0v) is 10.1. The van der Waals surface area contributed by atoms with Crippen LogP contribution in [0.4, 0.5) is 0 Å². The molecule has 0 heterocycles. The topological polar surface area (TPSA) is 55.1 Å². The summed E-state index contributed by atoms with van der Waals surface area (Å²) in [5.74, 6) is -0.255. The maximum atomic E-state index is 11.7. The number of rotatable bonds is 4. The molecule has 3 nitrogen and oxygen atoms in total. The van der Waals surface area contributed by atoms with E-state index in [1.807, 2.05) is 0 Å². The highest BCUT2D eigenvalue weighted by Gasteiger charge is 2.10. The van der Waals surface area contributed by atoms with Gasteiger partial charge in [0.15, 0.2) is 0 Å². The van der Waals surface area contributed by atoms with E-state index in [-0.39, 0.29) is 10.9 Å². The van der Waals surface area contributed by atoms with Gasteiger partial charge < -0.3 is 11.1 Å². The van der Waals surface area contributed by atoms with Crippen LogP contribution in [0.2, 0.25) is 10.0 Å². The van der Waals surface area contributed by atoms with Crippen molar-refractivity contribution in [1.29, 1.82) is 0 Å². The molecule has 16 heavy (non-hydrogen) atoms. The minimum absolute atomic E-state index is 0.255. The number of carbonyl (C=O) groups is 1. The Kier molecular flexibility index (Phi) is 5.32. The van der Waals surface area contributed by atoms with E-state index in [1.54, 1.807) is 30.4 Å². The van der Waals surface area contributed by atoms with Gasteiger partial charge in [0.2, 0.25) is 0 Å². The third-order valence-corrected chi connectivity index (χ3v) is 2.70. The normalized spacial score (nSPS) is 10.7. The van der Waals surface area contributed by atoms with Crippen LogP contribution in [0.3, 0.4) is 0 Å². The summed E-state index contributed by atoms with van der Waals surface area (Å²) in [5, 5.41) is 3.31. The summed E-state index contributed by atoms with van der Waals surface area (Å²) >= 11 is 11.7. The first-order valence-electron chi connectivity index (χ1n) is 4.74. The van der Waals surface area contributed by atoms with Gasteiger partial charge in [-0.15, -0.1) is 0 Å². The molecule has 0 aromatic heterocycles. The molecule has 0 atom stereocenters. The highest BCUT2D eigenvalue weighted by Crippen LogP contribution is 2.25. The average Bonchev–Trinajstić information content (AvgIpc) is 2.28. The molecule has 1 rings (SSSR count). The van der Waals surface area contributed by atoms with Gasteiger partial charge in [0.1, 0.15) is 0 Å². The van der Waals surface area contributed by atoms with Gasteiger partial charge in [-0.2, -0.15) is 0 Å². The van der Waals surface area contributed by atoms with Crippen molar-refractivity contribution in [1.82, 2.24) is 5.32 Å². The summed E-state index contributed by atoms with van der Waals surface area (Å²) in [6.07, 6.45) is 3.54. The SMILES string of the molecule is NC/C=C/CNC(=O)c1cccc(Cl)c1Cl. The molecule has 0 aliphatic heterocycles. The number of carbonyl (C=O) groups excluding carboxylic acids is 1. The number of hydrogen-bond acceptors (Lipinski definition) is 2. The fourth-order valence-corrected chi connectivity index (χ4v) is 1.49. The minimum Gasteiger partial charge on any atom is -0.349 e. The zero-order chi connectivity index (χ0) is 12.0. The molecule has 1 amide bonds. The maximum Gasteiger partial charge on any atom is 0.253 e. The van der Waals surface area contributed by atoms with Gasteiger partial charge in [0, 0.05) is 13.1 Å². The summed E-state index contributed by atoms with van der Waals surface area (Å²) in [7, 11) is 0. The molecule has 0 saturated carbocycles. The van der Waals surface area contributed by atoms with Crippen molar-refractivity contribution in [3.8, 4) is 0 Å². The van der Waals surface area contributed by atoms with E-state index < -0.39 is 0 Å². The van der Waals surface area contributed by atoms with E-state index in [4.69, 9.17) is 28.9 Å². The van der Waals surface area contributed by atoms with Crippen molar-refractivity contribution < 1.29 is 4.79 Å². The lowest BCUT2D eigenvalue weighted by Gasteiger charge is -2.05. The number of amides is 1. The monoisotopic (exact) mass is 258 g/mol. The Morgan fingerprint density at radius 3 is 2.81 bits per heavy atom. The lowest BCUT2D eigenvalue weighted by Crippen LogP contribution is -2.23. The molecule has 0 bridgehead atoms. The second kappa shape index (κ2) is 6.53. The number of benzene rings is 1. The Hall–Kier alpha value is -1.03. The van der Waals surface area contributed by atoms with Crippen molar-refractivity contribution in [3.05, 3.63) is 46.0 Å². The molecule has 1 aromatic carbocycles. The van der Waals surface area contributed by atoms with Crippen LogP contribution in [0, 0.1) is 0 Å². The second-order valence-corrected chi connectivity index (χ2v) is 3.80. The highest BCUT2D eigenvalue weighted by atomic mass is 35.5. The third kappa shape index (κ3) is 3.52. The molecule has 1 aromatic rings. The molecule has 0 radical (unpaired) electrons. The summed E-state index contributed by atoms with van der Waals surface area (Å²) in [6, 6.07) is 4.93. The maximum absolute atomic E-state index is 11.7. The van der Waals surface area contributed by atoms with Crippen LogP contribution in [-0.2, 0) is 0 Å². The molecule has 5 heteroatoms. The summed E-state index contributed by atoms with van der Waals surface area (Å²) in [6.45, 7) is 0.868. The summed E-state index contributed by atoms with van der Waals surface area (Å²) in [5.41, 5.74) is 5.63. The van der Waals surface area contributed by atoms with Crippen molar-refractivity contribution in [2.75, 3.05) is 13.1 Å². The van der Waals surface area contributed by atoms with Gasteiger partial charge in [-0.05, 0) is 12.1 Å². The van der Waals surface area contributed by atoms with Crippen molar-refractivity contribution >= 4 is 29.1 Å². The number of halogens is 2. The smallest absolute Gasteiger partial charge is 0.253 e. The van der Waals surface area contributed by atoms with E-state index in [0.29, 0.717) is 23.7 Å². The van der Waals surface area contributed by atoms with Crippen LogP contribution in [0.15, 0.2) is 30.4 Å². The number of nitrogens with one attached hydrogen (secondary N) is 1. The molecule has 0 aliphatic rings. The Labute approximate surface area is 104 Å². The Morgan fingerprint density at radius 2 is 2.12 bits per heavy atom. The van der Waals surface area contributed by atoms with Gasteiger partial charge in [0.25, 0.3) is 5.91 Å². The van der Waals surface area contributed by atoms with Gasteiger partial charge in [-0.3, -0.25) is 4.79 Å². The van der Waals surface area contributed by atoms with Gasteiger partial charge in [0.05, 0.1) is 15.6 Å². The van der Waals surface area contributed by atoms with E-state index in [9.17, 15) is 4.79 Å². The molecular weight excluding hydrogens is 247 g/mol. The fraction of sp³-hybridized carbons (Fsp3) is 0.182. The van der Waals surface area contributed by atoms with E-state index in [1.165, 1.54) is 0 Å². The molecule has 0 saturated heterocycles. The van der Waals surface area contributed by atoms with Crippen LogP contribution >= 0.6 is 23.2 Å². The summed E-state index contributed by atoms with van der Waals surface area (Å²) in [4.78, 5) is 11.7. The molecule has 0 aliphatic carbocycles. The Morgan fingerprint density at radius 1 is 1.38 bits per heavy atom. The lowest BCUT2D eigenvalue weighted by atomic mass is 10.2. The van der Waals surface area contributed by atoms with Crippen LogP contribution < -0.4 is 11.1 Å². The fourth-order valence-electron chi connectivity index (χ4n) is 1.11. The van der Waals surface area contributed by atoms with E-state index in [0.717, 1.165) is 0 Å². The molecule has 0 fully saturated rings. The van der Waals surface area contributed by atoms with Crippen LogP contribution in [0.25, 0.3) is 0 Å². The Bertz CT molecular complexity index is 405. The van der Waals surface area contributed by atoms with Gasteiger partial charge in [-0.1, -0.05) is 41.4 Å². The van der Waals surface area contributed by atoms with Crippen LogP contribution in [0.1, 0.15) is 10.4 Å². The standard InChI is InChI=1S/C11H12Cl2N2O/c12-9-5-3-4-8(10(9)13)11(16)15-7-2-1-6-14/h1-5H,6-7,14H2,(H,15,16)/b2-1+. The van der Waals surface area contributed by atoms with Gasteiger partial charge in [-0.25, -0.2) is 0 Å². The number of hydrogen-bond donors (Lipinski definition) is 2. The molecule has 0 unspecified atom stereocenters.